The molecule has 0 saturated heterocycles. The first-order chi connectivity index (χ1) is 22.3. The molecule has 3 aromatic heterocycles. The number of benzene rings is 1. The molecule has 4 aromatic rings. The van der Waals surface area contributed by atoms with Crippen LogP contribution in [0.15, 0.2) is 47.4 Å². The summed E-state index contributed by atoms with van der Waals surface area (Å²) in [6, 6.07) is 9.51. The van der Waals surface area contributed by atoms with Gasteiger partial charge in [-0.3, -0.25) is 13.3 Å². The number of carbonyl (C=O) groups excluding carboxylic acids is 1. The Morgan fingerprint density at radius 3 is 2.70 bits per heavy atom. The minimum absolute atomic E-state index is 0.116. The van der Waals surface area contributed by atoms with E-state index in [0.717, 1.165) is 10.8 Å². The number of carbonyl (C=O) groups is 1. The topological polar surface area (TPSA) is 165 Å². The first-order valence-corrected chi connectivity index (χ1v) is 15.6. The molecule has 1 amide bonds. The Morgan fingerprint density at radius 2 is 1.93 bits per heavy atom. The molecule has 1 aliphatic carbocycles. The monoisotopic (exact) mass is 627 g/mol. The third kappa shape index (κ3) is 6.19. The lowest BCUT2D eigenvalue weighted by atomic mass is 10.1. The van der Waals surface area contributed by atoms with Gasteiger partial charge >= 0.3 is 11.8 Å². The van der Waals surface area contributed by atoms with Gasteiger partial charge in [-0.25, -0.2) is 19.6 Å². The summed E-state index contributed by atoms with van der Waals surface area (Å²) in [5.74, 6) is 1.67. The lowest BCUT2D eigenvalue weighted by Crippen LogP contribution is -2.33. The Kier molecular flexibility index (Phi) is 6.93. The van der Waals surface area contributed by atoms with Crippen LogP contribution in [0, 0.1) is 0 Å². The van der Waals surface area contributed by atoms with Crippen molar-refractivity contribution in [2.75, 3.05) is 31.9 Å². The number of aryl methyl sites for hydroxylation is 1. The van der Waals surface area contributed by atoms with Crippen molar-refractivity contribution in [3.8, 4) is 22.8 Å². The van der Waals surface area contributed by atoms with Gasteiger partial charge in [0.15, 0.2) is 11.5 Å². The van der Waals surface area contributed by atoms with Crippen molar-refractivity contribution in [1.82, 2.24) is 24.4 Å². The number of amides is 1. The molecule has 1 saturated carbocycles. The fraction of sp³-hybridized carbons (Fsp3) is 0.379. The Balaban J connectivity index is 1.38. The number of methoxy groups -OCH3 is 1. The van der Waals surface area contributed by atoms with Crippen molar-refractivity contribution < 1.29 is 35.7 Å². The molecule has 1 aromatic carbocycles. The SMILES string of the molecule is [2H]C([2H])([2H])n1c(=O)n([C@@H]2CC[C@@H](NC(=O)OC)C2)c2cc(Nc3cc(COS(C)(=O)=O)cc(-c4ccc5c(c4)OCCO5)n3)ncc21. The van der Waals surface area contributed by atoms with Crippen molar-refractivity contribution in [2.24, 2.45) is 6.98 Å². The summed E-state index contributed by atoms with van der Waals surface area (Å²) in [7, 11) is -2.48. The van der Waals surface area contributed by atoms with E-state index in [1.165, 1.54) is 17.9 Å². The Morgan fingerprint density at radius 1 is 1.11 bits per heavy atom. The molecular formula is C29H32N6O8S. The van der Waals surface area contributed by atoms with Crippen molar-refractivity contribution in [1.29, 1.82) is 0 Å². The van der Waals surface area contributed by atoms with Crippen molar-refractivity contribution in [3.05, 3.63) is 58.6 Å². The van der Waals surface area contributed by atoms with Crippen LogP contribution in [-0.4, -0.2) is 66.2 Å². The van der Waals surface area contributed by atoms with E-state index < -0.39 is 34.9 Å². The number of rotatable bonds is 8. The Hall–Kier alpha value is -4.63. The number of anilines is 2. The highest BCUT2D eigenvalue weighted by Crippen LogP contribution is 2.35. The normalized spacial score (nSPS) is 19.2. The van der Waals surface area contributed by atoms with E-state index in [4.69, 9.17) is 27.5 Å². The molecule has 2 aliphatic rings. The number of hydrogen-bond acceptors (Lipinski definition) is 11. The van der Waals surface area contributed by atoms with Crippen LogP contribution in [0.4, 0.5) is 16.4 Å². The number of fused-ring (bicyclic) bond motifs is 2. The number of hydrogen-bond donors (Lipinski definition) is 2. The minimum atomic E-state index is -3.75. The summed E-state index contributed by atoms with van der Waals surface area (Å²) >= 11 is 0. The lowest BCUT2D eigenvalue weighted by molar-refractivity contribution is 0.166. The Labute approximate surface area is 257 Å². The molecule has 0 unspecified atom stereocenters. The second-order valence-corrected chi connectivity index (χ2v) is 12.2. The second-order valence-electron chi connectivity index (χ2n) is 10.5. The average molecular weight is 628 g/mol. The van der Waals surface area contributed by atoms with E-state index in [-0.39, 0.29) is 29.8 Å². The van der Waals surface area contributed by atoms with Gasteiger partial charge < -0.3 is 24.8 Å². The van der Waals surface area contributed by atoms with E-state index in [1.54, 1.807) is 36.4 Å². The minimum Gasteiger partial charge on any atom is -0.486 e. The molecule has 6 rings (SSSR count). The summed E-state index contributed by atoms with van der Waals surface area (Å²) in [6.07, 6.45) is 3.15. The number of pyridine rings is 2. The van der Waals surface area contributed by atoms with Crippen molar-refractivity contribution >= 4 is 38.9 Å². The van der Waals surface area contributed by atoms with Gasteiger partial charge in [-0.2, -0.15) is 8.42 Å². The van der Waals surface area contributed by atoms with Gasteiger partial charge in [0.1, 0.15) is 24.8 Å². The molecule has 0 spiro atoms. The third-order valence-electron chi connectivity index (χ3n) is 7.46. The number of ether oxygens (including phenoxy) is 3. The van der Waals surface area contributed by atoms with E-state index in [1.807, 2.05) is 0 Å². The molecule has 0 bridgehead atoms. The summed E-state index contributed by atoms with van der Waals surface area (Å²) in [6.45, 7) is -2.20. The molecular weight excluding hydrogens is 592 g/mol. The molecule has 2 N–H and O–H groups in total. The standard InChI is InChI=1S/C29H32N6O8S/c1-34-23-15-30-26(14-22(23)35(29(34)37)20-6-5-19(13-20)31-28(36)40-2)33-27-11-17(16-43-44(3,38)39)10-21(32-27)18-4-7-24-25(12-18)42-9-8-41-24/h4,7,10-12,14-15,19-20H,5-6,8-9,13,16H2,1-3H3,(H,31,36)(H,30,32,33)/t19-,20-/m1/s1/i1D3. The van der Waals surface area contributed by atoms with Gasteiger partial charge in [-0.05, 0) is 55.2 Å². The predicted octanol–water partition coefficient (Wildman–Crippen LogP) is 3.24. The number of nitrogens with one attached hydrogen (secondary N) is 2. The Bertz CT molecular complexity index is 2010. The molecule has 14 nitrogen and oxygen atoms in total. The zero-order valence-corrected chi connectivity index (χ0v) is 24.7. The van der Waals surface area contributed by atoms with Crippen molar-refractivity contribution in [3.63, 3.8) is 0 Å². The second kappa shape index (κ2) is 11.8. The highest BCUT2D eigenvalue weighted by molar-refractivity contribution is 7.85. The zero-order valence-electron chi connectivity index (χ0n) is 26.9. The maximum Gasteiger partial charge on any atom is 0.407 e. The van der Waals surface area contributed by atoms with E-state index in [9.17, 15) is 18.0 Å². The highest BCUT2D eigenvalue weighted by atomic mass is 32.2. The molecule has 4 heterocycles. The number of nitrogens with zero attached hydrogens (tertiary/aromatic N) is 4. The van der Waals surface area contributed by atoms with E-state index in [0.29, 0.717) is 66.3 Å². The summed E-state index contributed by atoms with van der Waals surface area (Å²) in [5.41, 5.74) is 1.35. The predicted molar refractivity (Wildman–Crippen MR) is 161 cm³/mol. The van der Waals surface area contributed by atoms with E-state index in [2.05, 4.69) is 15.6 Å². The largest absolute Gasteiger partial charge is 0.486 e. The molecule has 2 atom stereocenters. The number of aromatic nitrogens is 4. The van der Waals surface area contributed by atoms with Gasteiger partial charge in [-0.15, -0.1) is 0 Å². The van der Waals surface area contributed by atoms with Crippen LogP contribution in [0.3, 0.4) is 0 Å². The van der Waals surface area contributed by atoms with E-state index >= 15 is 0 Å². The molecule has 1 fully saturated rings. The van der Waals surface area contributed by atoms with Crippen LogP contribution < -0.4 is 25.8 Å². The molecule has 15 heteroatoms. The van der Waals surface area contributed by atoms with Gasteiger partial charge in [0.2, 0.25) is 0 Å². The fourth-order valence-corrected chi connectivity index (χ4v) is 5.83. The van der Waals surface area contributed by atoms with Crippen molar-refractivity contribution in [2.45, 2.75) is 38.0 Å². The summed E-state index contributed by atoms with van der Waals surface area (Å²) < 4.78 is 70.8. The smallest absolute Gasteiger partial charge is 0.407 e. The lowest BCUT2D eigenvalue weighted by Gasteiger charge is -2.19. The fourth-order valence-electron chi connectivity index (χ4n) is 5.48. The van der Waals surface area contributed by atoms with Crippen LogP contribution >= 0.6 is 0 Å². The van der Waals surface area contributed by atoms with Crippen LogP contribution in [0.2, 0.25) is 0 Å². The van der Waals surface area contributed by atoms with Gasteiger partial charge in [0, 0.05) is 34.8 Å². The number of alkyl carbamates (subject to hydrolysis) is 1. The highest BCUT2D eigenvalue weighted by Gasteiger charge is 2.30. The maximum absolute atomic E-state index is 13.6. The van der Waals surface area contributed by atoms with Gasteiger partial charge in [0.05, 0.1) is 42.9 Å². The first-order valence-electron chi connectivity index (χ1n) is 15.3. The molecule has 0 radical (unpaired) electrons. The third-order valence-corrected chi connectivity index (χ3v) is 8.00. The molecule has 232 valence electrons. The molecule has 1 aliphatic heterocycles. The van der Waals surface area contributed by atoms with Gasteiger partial charge in [0.25, 0.3) is 10.1 Å². The summed E-state index contributed by atoms with van der Waals surface area (Å²) in [4.78, 5) is 34.5. The van der Waals surface area contributed by atoms with Crippen LogP contribution in [0.1, 0.15) is 35.0 Å². The first kappa shape index (κ1) is 25.8. The van der Waals surface area contributed by atoms with Crippen LogP contribution in [-0.2, 0) is 32.6 Å². The number of imidazole rings is 1. The average Bonchev–Trinajstić information content (AvgIpc) is 3.59. The van der Waals surface area contributed by atoms with Crippen LogP contribution in [0.5, 0.6) is 11.5 Å². The maximum atomic E-state index is 13.6. The molecule has 44 heavy (non-hydrogen) atoms. The quantitative estimate of drug-likeness (QED) is 0.276. The van der Waals surface area contributed by atoms with Crippen LogP contribution in [0.25, 0.3) is 22.3 Å². The summed E-state index contributed by atoms with van der Waals surface area (Å²) in [5, 5.41) is 5.86. The van der Waals surface area contributed by atoms with Gasteiger partial charge in [-0.1, -0.05) is 0 Å². The zero-order chi connectivity index (χ0) is 33.5.